The first-order valence-electron chi connectivity index (χ1n) is 10.5. The van der Waals surface area contributed by atoms with E-state index in [1.807, 2.05) is 48.7 Å². The summed E-state index contributed by atoms with van der Waals surface area (Å²) in [6.07, 6.45) is 2.01. The zero-order valence-corrected chi connectivity index (χ0v) is 17.3. The lowest BCUT2D eigenvalue weighted by atomic mass is 10.1. The lowest BCUT2D eigenvalue weighted by Gasteiger charge is -2.21. The fraction of sp³-hybridized carbons (Fsp3) is 0.148. The molecule has 1 unspecified atom stereocenters. The van der Waals surface area contributed by atoms with Crippen molar-refractivity contribution < 1.29 is 9.29 Å². The summed E-state index contributed by atoms with van der Waals surface area (Å²) in [5.74, 6) is -0.177. The molecule has 4 rings (SSSR count). The smallest absolute Gasteiger partial charge is 0.128 e. The summed E-state index contributed by atoms with van der Waals surface area (Å²) < 4.78 is 16.3. The Bertz CT molecular complexity index is 1170. The minimum absolute atomic E-state index is 0.177. The second kappa shape index (κ2) is 9.88. The quantitative estimate of drug-likeness (QED) is 0.461. The van der Waals surface area contributed by atoms with Crippen LogP contribution in [0, 0.1) is 17.1 Å². The van der Waals surface area contributed by atoms with E-state index >= 15 is 0 Å². The van der Waals surface area contributed by atoms with E-state index in [-0.39, 0.29) is 5.82 Å². The van der Waals surface area contributed by atoms with Crippen LogP contribution in [0.4, 0.5) is 4.39 Å². The van der Waals surface area contributed by atoms with E-state index in [1.54, 1.807) is 6.07 Å². The highest BCUT2D eigenvalue weighted by atomic mass is 19.1. The van der Waals surface area contributed by atoms with Gasteiger partial charge in [0.15, 0.2) is 0 Å². The van der Waals surface area contributed by atoms with Gasteiger partial charge in [0, 0.05) is 22.9 Å². The van der Waals surface area contributed by atoms with Gasteiger partial charge in [0.25, 0.3) is 0 Å². The molecule has 0 bridgehead atoms. The summed E-state index contributed by atoms with van der Waals surface area (Å²) in [5, 5.41) is 9.25. The monoisotopic (exact) mass is 410 g/mol. The molecule has 1 heterocycles. The molecule has 1 N–H and O–H groups in total. The van der Waals surface area contributed by atoms with Gasteiger partial charge >= 0.3 is 0 Å². The fourth-order valence-electron chi connectivity index (χ4n) is 3.94. The summed E-state index contributed by atoms with van der Waals surface area (Å²) in [7, 11) is 0. The molecule has 0 amide bonds. The van der Waals surface area contributed by atoms with Crippen LogP contribution >= 0.6 is 0 Å². The van der Waals surface area contributed by atoms with E-state index in [2.05, 4.69) is 47.0 Å². The number of nitrogens with one attached hydrogen (secondary N) is 1. The molecule has 0 fully saturated rings. The predicted octanol–water partition coefficient (Wildman–Crippen LogP) is 4.33. The Morgan fingerprint density at radius 3 is 2.32 bits per heavy atom. The van der Waals surface area contributed by atoms with Crippen LogP contribution in [0.15, 0.2) is 97.2 Å². The van der Waals surface area contributed by atoms with E-state index in [0.717, 1.165) is 30.9 Å². The molecule has 4 heteroatoms. The Balaban J connectivity index is 1.57. The first kappa shape index (κ1) is 20.6. The maximum Gasteiger partial charge on any atom is 0.128 e. The number of rotatable bonds is 8. The van der Waals surface area contributed by atoms with Gasteiger partial charge in [-0.1, -0.05) is 60.7 Å². The van der Waals surface area contributed by atoms with Crippen LogP contribution in [0.3, 0.4) is 0 Å². The zero-order chi connectivity index (χ0) is 21.5. The van der Waals surface area contributed by atoms with Gasteiger partial charge in [-0.3, -0.25) is 0 Å². The molecule has 1 aromatic heterocycles. The second-order valence-electron chi connectivity index (χ2n) is 7.80. The Hall–Kier alpha value is -3.68. The van der Waals surface area contributed by atoms with Crippen LogP contribution < -0.4 is 4.90 Å². The Labute approximate surface area is 182 Å². The molecule has 154 valence electrons. The third kappa shape index (κ3) is 5.48. The van der Waals surface area contributed by atoms with Crippen molar-refractivity contribution in [3.05, 3.63) is 131 Å². The van der Waals surface area contributed by atoms with E-state index in [4.69, 9.17) is 0 Å². The highest BCUT2D eigenvalue weighted by Gasteiger charge is 2.15. The Morgan fingerprint density at radius 1 is 0.774 bits per heavy atom. The number of nitrogens with zero attached hydrogens (tertiary/aromatic N) is 2. The second-order valence-corrected chi connectivity index (χ2v) is 7.80. The van der Waals surface area contributed by atoms with E-state index in [9.17, 15) is 9.65 Å². The van der Waals surface area contributed by atoms with Crippen LogP contribution in [0.2, 0.25) is 0 Å². The topological polar surface area (TPSA) is 33.2 Å². The fourth-order valence-corrected chi connectivity index (χ4v) is 3.94. The largest absolute Gasteiger partial charge is 0.342 e. The third-order valence-electron chi connectivity index (χ3n) is 5.46. The van der Waals surface area contributed by atoms with Crippen molar-refractivity contribution in [2.24, 2.45) is 0 Å². The highest BCUT2D eigenvalue weighted by molar-refractivity contribution is 5.32. The summed E-state index contributed by atoms with van der Waals surface area (Å²) in [4.78, 5) is 1.36. The van der Waals surface area contributed by atoms with Crippen LogP contribution in [-0.4, -0.2) is 4.57 Å². The van der Waals surface area contributed by atoms with Gasteiger partial charge < -0.3 is 9.47 Å². The molecule has 0 saturated heterocycles. The molecular formula is C27H25FN3+. The average Bonchev–Trinajstić information content (AvgIpc) is 3.22. The van der Waals surface area contributed by atoms with Crippen molar-refractivity contribution in [2.45, 2.75) is 26.2 Å². The summed E-state index contributed by atoms with van der Waals surface area (Å²) >= 11 is 0. The molecule has 0 spiro atoms. The molecule has 3 aromatic carbocycles. The maximum absolute atomic E-state index is 14.2. The van der Waals surface area contributed by atoms with Crippen molar-refractivity contribution in [3.8, 4) is 6.07 Å². The molecule has 0 aliphatic rings. The molecular weight excluding hydrogens is 385 g/mol. The van der Waals surface area contributed by atoms with Crippen molar-refractivity contribution in [1.82, 2.24) is 4.57 Å². The number of halogens is 1. The van der Waals surface area contributed by atoms with Gasteiger partial charge in [-0.2, -0.15) is 5.26 Å². The molecule has 4 aromatic rings. The highest BCUT2D eigenvalue weighted by Crippen LogP contribution is 2.12. The number of nitriles is 1. The predicted molar refractivity (Wildman–Crippen MR) is 120 cm³/mol. The normalized spacial score (nSPS) is 11.7. The van der Waals surface area contributed by atoms with Crippen LogP contribution in [0.25, 0.3) is 0 Å². The number of hydrogen-bond donors (Lipinski definition) is 1. The van der Waals surface area contributed by atoms with Gasteiger partial charge in [-0.25, -0.2) is 4.39 Å². The average molecular weight is 411 g/mol. The van der Waals surface area contributed by atoms with Gasteiger partial charge in [-0.05, 0) is 30.3 Å². The molecule has 0 aliphatic heterocycles. The lowest BCUT2D eigenvalue weighted by Crippen LogP contribution is -3.08. The number of quaternary nitrogens is 1. The zero-order valence-electron chi connectivity index (χ0n) is 17.3. The van der Waals surface area contributed by atoms with E-state index < -0.39 is 0 Å². The molecule has 3 nitrogen and oxygen atoms in total. The van der Waals surface area contributed by atoms with Crippen LogP contribution in [-0.2, 0) is 26.2 Å². The van der Waals surface area contributed by atoms with Crippen molar-refractivity contribution in [2.75, 3.05) is 0 Å². The van der Waals surface area contributed by atoms with Crippen molar-refractivity contribution in [3.63, 3.8) is 0 Å². The summed E-state index contributed by atoms with van der Waals surface area (Å²) in [6, 6.07) is 31.5. The summed E-state index contributed by atoms with van der Waals surface area (Å²) in [5.41, 5.74) is 4.93. The van der Waals surface area contributed by atoms with Crippen molar-refractivity contribution >= 4 is 0 Å². The summed E-state index contributed by atoms with van der Waals surface area (Å²) in [6.45, 7) is 2.97. The van der Waals surface area contributed by atoms with Crippen molar-refractivity contribution in [1.29, 1.82) is 5.26 Å². The minimum atomic E-state index is -0.177. The van der Waals surface area contributed by atoms with Gasteiger partial charge in [-0.15, -0.1) is 0 Å². The van der Waals surface area contributed by atoms with E-state index in [0.29, 0.717) is 17.7 Å². The number of aromatic nitrogens is 1. The molecule has 0 radical (unpaired) electrons. The third-order valence-corrected chi connectivity index (χ3v) is 5.46. The first-order valence-corrected chi connectivity index (χ1v) is 10.5. The molecule has 1 atom stereocenters. The SMILES string of the molecule is N#Cc1cccc(C[NH+](Cc2ccccc2)Cc2cccn2Cc2ccccc2F)c1. The maximum atomic E-state index is 14.2. The number of benzene rings is 3. The Kier molecular flexibility index (Phi) is 6.56. The standard InChI is InChI=1S/C27H24FN3/c28-27-14-5-4-12-25(27)20-31-15-7-13-26(31)21-30(18-22-8-2-1-3-9-22)19-24-11-6-10-23(16-24)17-29/h1-16H,18-21H2/p+1. The van der Waals surface area contributed by atoms with Crippen LogP contribution in [0.5, 0.6) is 0 Å². The minimum Gasteiger partial charge on any atom is -0.342 e. The van der Waals surface area contributed by atoms with Gasteiger partial charge in [0.05, 0.1) is 23.9 Å². The lowest BCUT2D eigenvalue weighted by molar-refractivity contribution is -0.941. The Morgan fingerprint density at radius 2 is 1.52 bits per heavy atom. The number of hydrogen-bond acceptors (Lipinski definition) is 1. The van der Waals surface area contributed by atoms with Gasteiger partial charge in [0.1, 0.15) is 25.5 Å². The first-order chi connectivity index (χ1) is 15.2. The van der Waals surface area contributed by atoms with Crippen LogP contribution in [0.1, 0.15) is 27.9 Å². The van der Waals surface area contributed by atoms with Gasteiger partial charge in [0.2, 0.25) is 0 Å². The molecule has 0 aliphatic carbocycles. The molecule has 0 saturated carbocycles. The molecule has 31 heavy (non-hydrogen) atoms. The van der Waals surface area contributed by atoms with E-state index in [1.165, 1.54) is 16.5 Å².